The standard InChI is InChI=1S/C21H21Cl2FN4O3/c22-17-6-1-14(13-18(17)23)21(31)28-11-9-27(10-12-28)8-7-25-19(29)20(30)26-16-4-2-15(24)3-5-16/h1-6,13H,7-12H2,(H,25,29)(H,26,30). The highest BCUT2D eigenvalue weighted by molar-refractivity contribution is 6.42. The lowest BCUT2D eigenvalue weighted by Gasteiger charge is -2.34. The van der Waals surface area contributed by atoms with Gasteiger partial charge in [0.15, 0.2) is 0 Å². The lowest BCUT2D eigenvalue weighted by Crippen LogP contribution is -2.50. The Morgan fingerprint density at radius 1 is 0.903 bits per heavy atom. The summed E-state index contributed by atoms with van der Waals surface area (Å²) < 4.78 is 12.9. The number of hydrogen-bond acceptors (Lipinski definition) is 4. The van der Waals surface area contributed by atoms with Gasteiger partial charge in [-0.25, -0.2) is 4.39 Å². The van der Waals surface area contributed by atoms with Gasteiger partial charge in [0.25, 0.3) is 5.91 Å². The molecule has 0 aromatic heterocycles. The first-order chi connectivity index (χ1) is 14.8. The summed E-state index contributed by atoms with van der Waals surface area (Å²) in [4.78, 5) is 40.2. The number of carbonyl (C=O) groups is 3. The Labute approximate surface area is 189 Å². The van der Waals surface area contributed by atoms with Crippen molar-refractivity contribution in [2.45, 2.75) is 0 Å². The van der Waals surface area contributed by atoms with Crippen molar-refractivity contribution in [3.8, 4) is 0 Å². The summed E-state index contributed by atoms with van der Waals surface area (Å²) in [7, 11) is 0. The average Bonchev–Trinajstić information content (AvgIpc) is 2.77. The molecule has 1 aliphatic heterocycles. The van der Waals surface area contributed by atoms with Crippen LogP contribution in [0.1, 0.15) is 10.4 Å². The number of anilines is 1. The van der Waals surface area contributed by atoms with E-state index < -0.39 is 17.6 Å². The molecule has 1 fully saturated rings. The van der Waals surface area contributed by atoms with Crippen molar-refractivity contribution < 1.29 is 18.8 Å². The molecule has 1 saturated heterocycles. The van der Waals surface area contributed by atoms with Crippen LogP contribution in [-0.2, 0) is 9.59 Å². The molecule has 2 aromatic rings. The zero-order valence-electron chi connectivity index (χ0n) is 16.5. The number of rotatable bonds is 5. The Hall–Kier alpha value is -2.68. The second-order valence-electron chi connectivity index (χ2n) is 6.98. The highest BCUT2D eigenvalue weighted by atomic mass is 35.5. The summed E-state index contributed by atoms with van der Waals surface area (Å²) in [5, 5.41) is 5.70. The molecule has 0 radical (unpaired) electrons. The van der Waals surface area contributed by atoms with E-state index in [-0.39, 0.29) is 12.5 Å². The Bertz CT molecular complexity index is 964. The third-order valence-corrected chi connectivity index (χ3v) is 5.59. The predicted octanol–water partition coefficient (Wildman–Crippen LogP) is 2.65. The predicted molar refractivity (Wildman–Crippen MR) is 117 cm³/mol. The molecule has 0 atom stereocenters. The van der Waals surface area contributed by atoms with Crippen molar-refractivity contribution in [3.05, 3.63) is 63.9 Å². The monoisotopic (exact) mass is 466 g/mol. The van der Waals surface area contributed by atoms with E-state index >= 15 is 0 Å². The highest BCUT2D eigenvalue weighted by Crippen LogP contribution is 2.23. The van der Waals surface area contributed by atoms with Crippen LogP contribution in [0.2, 0.25) is 10.0 Å². The van der Waals surface area contributed by atoms with Crippen LogP contribution in [0.4, 0.5) is 10.1 Å². The molecule has 0 unspecified atom stereocenters. The zero-order chi connectivity index (χ0) is 22.4. The normalized spacial score (nSPS) is 14.2. The fourth-order valence-electron chi connectivity index (χ4n) is 3.12. The molecule has 0 saturated carbocycles. The van der Waals surface area contributed by atoms with Gasteiger partial charge in [-0.3, -0.25) is 19.3 Å². The van der Waals surface area contributed by atoms with Gasteiger partial charge in [-0.05, 0) is 42.5 Å². The molecule has 0 spiro atoms. The van der Waals surface area contributed by atoms with Gasteiger partial charge in [0.1, 0.15) is 5.82 Å². The van der Waals surface area contributed by atoms with Crippen LogP contribution in [0.5, 0.6) is 0 Å². The molecular formula is C21H21Cl2FN4O3. The number of hydrogen-bond donors (Lipinski definition) is 2. The summed E-state index contributed by atoms with van der Waals surface area (Å²) in [5.41, 5.74) is 0.826. The summed E-state index contributed by atoms with van der Waals surface area (Å²) in [6.07, 6.45) is 0. The number of piperazine rings is 1. The number of benzene rings is 2. The van der Waals surface area contributed by atoms with E-state index in [2.05, 4.69) is 15.5 Å². The quantitative estimate of drug-likeness (QED) is 0.663. The fraction of sp³-hybridized carbons (Fsp3) is 0.286. The van der Waals surface area contributed by atoms with Gasteiger partial charge in [0.2, 0.25) is 0 Å². The summed E-state index contributed by atoms with van der Waals surface area (Å²) in [6.45, 7) is 3.20. The van der Waals surface area contributed by atoms with Crippen LogP contribution in [0, 0.1) is 5.82 Å². The molecule has 2 N–H and O–H groups in total. The second-order valence-corrected chi connectivity index (χ2v) is 7.79. The van der Waals surface area contributed by atoms with Crippen molar-refractivity contribution in [3.63, 3.8) is 0 Å². The van der Waals surface area contributed by atoms with Crippen LogP contribution >= 0.6 is 23.2 Å². The largest absolute Gasteiger partial charge is 0.347 e. The van der Waals surface area contributed by atoms with Crippen molar-refractivity contribution in [2.24, 2.45) is 0 Å². The number of nitrogens with zero attached hydrogens (tertiary/aromatic N) is 2. The number of amides is 3. The van der Waals surface area contributed by atoms with Crippen LogP contribution in [0.15, 0.2) is 42.5 Å². The molecule has 3 rings (SSSR count). The van der Waals surface area contributed by atoms with Gasteiger partial charge >= 0.3 is 11.8 Å². The average molecular weight is 467 g/mol. The first-order valence-corrected chi connectivity index (χ1v) is 10.4. The van der Waals surface area contributed by atoms with E-state index in [1.165, 1.54) is 24.3 Å². The SMILES string of the molecule is O=C(NCCN1CCN(C(=O)c2ccc(Cl)c(Cl)c2)CC1)C(=O)Nc1ccc(F)cc1. The molecule has 3 amide bonds. The van der Waals surface area contributed by atoms with E-state index in [0.717, 1.165) is 0 Å². The molecule has 31 heavy (non-hydrogen) atoms. The molecule has 2 aromatic carbocycles. The maximum absolute atomic E-state index is 12.9. The fourth-order valence-corrected chi connectivity index (χ4v) is 3.41. The summed E-state index contributed by atoms with van der Waals surface area (Å²) >= 11 is 11.9. The van der Waals surface area contributed by atoms with Crippen molar-refractivity contribution in [1.29, 1.82) is 0 Å². The topological polar surface area (TPSA) is 81.8 Å². The Morgan fingerprint density at radius 3 is 2.23 bits per heavy atom. The maximum Gasteiger partial charge on any atom is 0.313 e. The number of halogens is 3. The van der Waals surface area contributed by atoms with Crippen molar-refractivity contribution in [2.75, 3.05) is 44.6 Å². The van der Waals surface area contributed by atoms with E-state index in [9.17, 15) is 18.8 Å². The molecular weight excluding hydrogens is 446 g/mol. The van der Waals surface area contributed by atoms with Gasteiger partial charge < -0.3 is 15.5 Å². The van der Waals surface area contributed by atoms with Crippen LogP contribution in [0.3, 0.4) is 0 Å². The smallest absolute Gasteiger partial charge is 0.313 e. The van der Waals surface area contributed by atoms with Crippen LogP contribution in [-0.4, -0.2) is 66.8 Å². The lowest BCUT2D eigenvalue weighted by atomic mass is 10.2. The van der Waals surface area contributed by atoms with E-state index in [1.54, 1.807) is 23.1 Å². The molecule has 1 aliphatic rings. The maximum atomic E-state index is 12.9. The molecule has 10 heteroatoms. The van der Waals surface area contributed by atoms with E-state index in [4.69, 9.17) is 23.2 Å². The van der Waals surface area contributed by atoms with E-state index in [0.29, 0.717) is 54.0 Å². The highest BCUT2D eigenvalue weighted by Gasteiger charge is 2.23. The van der Waals surface area contributed by atoms with Gasteiger partial charge in [-0.2, -0.15) is 0 Å². The van der Waals surface area contributed by atoms with Crippen molar-refractivity contribution in [1.82, 2.24) is 15.1 Å². The molecule has 0 bridgehead atoms. The summed E-state index contributed by atoms with van der Waals surface area (Å²) in [6, 6.07) is 9.94. The molecule has 0 aliphatic carbocycles. The van der Waals surface area contributed by atoms with Crippen LogP contribution in [0.25, 0.3) is 0 Å². The first kappa shape index (κ1) is 23.0. The Balaban J connectivity index is 1.38. The van der Waals surface area contributed by atoms with Gasteiger partial charge in [-0.1, -0.05) is 23.2 Å². The minimum atomic E-state index is -0.816. The van der Waals surface area contributed by atoms with Crippen molar-refractivity contribution >= 4 is 46.6 Å². The van der Waals surface area contributed by atoms with Gasteiger partial charge in [0.05, 0.1) is 10.0 Å². The third kappa shape index (κ3) is 6.40. The molecule has 7 nitrogen and oxygen atoms in total. The van der Waals surface area contributed by atoms with Crippen LogP contribution < -0.4 is 10.6 Å². The van der Waals surface area contributed by atoms with Gasteiger partial charge in [0, 0.05) is 50.5 Å². The Morgan fingerprint density at radius 2 is 1.58 bits per heavy atom. The minimum Gasteiger partial charge on any atom is -0.347 e. The minimum absolute atomic E-state index is 0.107. The molecule has 164 valence electrons. The zero-order valence-corrected chi connectivity index (χ0v) is 18.0. The third-order valence-electron chi connectivity index (χ3n) is 4.85. The number of carbonyl (C=O) groups excluding carboxylic acids is 3. The first-order valence-electron chi connectivity index (χ1n) is 9.65. The molecule has 1 heterocycles. The summed E-state index contributed by atoms with van der Waals surface area (Å²) in [5.74, 6) is -2.12. The number of nitrogens with one attached hydrogen (secondary N) is 2. The second kappa shape index (κ2) is 10.6. The Kier molecular flexibility index (Phi) is 7.84. The van der Waals surface area contributed by atoms with Gasteiger partial charge in [-0.15, -0.1) is 0 Å². The van der Waals surface area contributed by atoms with E-state index in [1.807, 2.05) is 0 Å². The lowest BCUT2D eigenvalue weighted by molar-refractivity contribution is -0.136.